The van der Waals surface area contributed by atoms with Crippen LogP contribution in [0.4, 0.5) is 10.7 Å². The Morgan fingerprint density at radius 1 is 1.26 bits per heavy atom. The normalized spacial score (nSPS) is 15.8. The van der Waals surface area contributed by atoms with Gasteiger partial charge >= 0.3 is 5.97 Å². The number of amides is 1. The number of benzene rings is 1. The first-order valence-corrected chi connectivity index (χ1v) is 10.1. The Hall–Kier alpha value is -2.34. The summed E-state index contributed by atoms with van der Waals surface area (Å²) in [7, 11) is 3.91. The Balaban J connectivity index is 1.89. The van der Waals surface area contributed by atoms with Gasteiger partial charge in [-0.15, -0.1) is 11.3 Å². The van der Waals surface area contributed by atoms with Crippen LogP contribution in [0.2, 0.25) is 0 Å². The number of nitrogens with one attached hydrogen (secondary N) is 1. The molecule has 1 aromatic carbocycles. The zero-order chi connectivity index (χ0) is 19.6. The molecule has 144 valence electrons. The molecule has 0 fully saturated rings. The maximum absolute atomic E-state index is 12.7. The first-order valence-electron chi connectivity index (χ1n) is 9.31. The number of rotatable bonds is 5. The van der Waals surface area contributed by atoms with E-state index < -0.39 is 0 Å². The van der Waals surface area contributed by atoms with Gasteiger partial charge in [0.1, 0.15) is 5.00 Å². The molecule has 0 bridgehead atoms. The largest absolute Gasteiger partial charge is 0.462 e. The third-order valence-corrected chi connectivity index (χ3v) is 6.03. The molecule has 1 atom stereocenters. The summed E-state index contributed by atoms with van der Waals surface area (Å²) >= 11 is 1.51. The number of carbonyl (C=O) groups is 2. The van der Waals surface area contributed by atoms with Crippen LogP contribution < -0.4 is 10.2 Å². The van der Waals surface area contributed by atoms with E-state index in [0.717, 1.165) is 30.5 Å². The van der Waals surface area contributed by atoms with Gasteiger partial charge in [-0.1, -0.05) is 6.92 Å². The fourth-order valence-electron chi connectivity index (χ4n) is 3.34. The molecule has 0 aliphatic heterocycles. The maximum Gasteiger partial charge on any atom is 0.341 e. The van der Waals surface area contributed by atoms with Gasteiger partial charge in [0.25, 0.3) is 5.91 Å². The number of thiophene rings is 1. The number of esters is 1. The predicted molar refractivity (Wildman–Crippen MR) is 110 cm³/mol. The van der Waals surface area contributed by atoms with Crippen LogP contribution in [0, 0.1) is 5.92 Å². The first-order chi connectivity index (χ1) is 12.9. The van der Waals surface area contributed by atoms with Crippen LogP contribution in [0.3, 0.4) is 0 Å². The van der Waals surface area contributed by atoms with Gasteiger partial charge in [-0.25, -0.2) is 4.79 Å². The monoisotopic (exact) mass is 386 g/mol. The lowest BCUT2D eigenvalue weighted by Crippen LogP contribution is -2.17. The second-order valence-electron chi connectivity index (χ2n) is 7.17. The molecule has 1 aromatic heterocycles. The molecular formula is C21H26N2O3S. The highest BCUT2D eigenvalue weighted by Gasteiger charge is 2.29. The fourth-order valence-corrected chi connectivity index (χ4v) is 4.74. The molecule has 1 aliphatic rings. The third-order valence-electron chi connectivity index (χ3n) is 4.86. The summed E-state index contributed by atoms with van der Waals surface area (Å²) in [6, 6.07) is 7.40. The fraction of sp³-hybridized carbons (Fsp3) is 0.429. The Morgan fingerprint density at radius 2 is 1.96 bits per heavy atom. The molecule has 1 unspecified atom stereocenters. The molecule has 6 heteroatoms. The third kappa shape index (κ3) is 4.16. The molecule has 1 N–H and O–H groups in total. The number of carbonyl (C=O) groups excluding carboxylic acids is 2. The van der Waals surface area contributed by atoms with Crippen molar-refractivity contribution in [3.8, 4) is 0 Å². The lowest BCUT2D eigenvalue weighted by atomic mass is 9.88. The van der Waals surface area contributed by atoms with Crippen LogP contribution in [0.15, 0.2) is 24.3 Å². The number of hydrogen-bond donors (Lipinski definition) is 1. The van der Waals surface area contributed by atoms with Crippen molar-refractivity contribution in [2.24, 2.45) is 5.92 Å². The summed E-state index contributed by atoms with van der Waals surface area (Å²) in [5, 5.41) is 3.56. The van der Waals surface area contributed by atoms with Gasteiger partial charge in [0, 0.05) is 30.2 Å². The number of anilines is 2. The van der Waals surface area contributed by atoms with Crippen LogP contribution in [0.5, 0.6) is 0 Å². The van der Waals surface area contributed by atoms with Gasteiger partial charge < -0.3 is 15.0 Å². The number of fused-ring (bicyclic) bond motifs is 1. The first kappa shape index (κ1) is 19.4. The molecule has 3 rings (SSSR count). The molecule has 27 heavy (non-hydrogen) atoms. The molecule has 1 aliphatic carbocycles. The predicted octanol–water partition coefficient (Wildman–Crippen LogP) is 4.37. The number of nitrogens with zero attached hydrogens (tertiary/aromatic N) is 1. The van der Waals surface area contributed by atoms with E-state index in [1.54, 1.807) is 19.1 Å². The van der Waals surface area contributed by atoms with Gasteiger partial charge in [-0.3, -0.25) is 4.79 Å². The van der Waals surface area contributed by atoms with Crippen molar-refractivity contribution in [2.75, 3.05) is 30.9 Å². The minimum Gasteiger partial charge on any atom is -0.462 e. The summed E-state index contributed by atoms with van der Waals surface area (Å²) in [6.45, 7) is 4.33. The van der Waals surface area contributed by atoms with E-state index in [4.69, 9.17) is 4.74 Å². The highest BCUT2D eigenvalue weighted by molar-refractivity contribution is 7.17. The topological polar surface area (TPSA) is 58.6 Å². The molecule has 1 heterocycles. The van der Waals surface area contributed by atoms with Gasteiger partial charge in [0.2, 0.25) is 0 Å². The summed E-state index contributed by atoms with van der Waals surface area (Å²) in [4.78, 5) is 28.5. The molecular weight excluding hydrogens is 360 g/mol. The molecule has 2 aromatic rings. The molecule has 0 radical (unpaired) electrons. The van der Waals surface area contributed by atoms with Crippen LogP contribution in [-0.2, 0) is 17.6 Å². The van der Waals surface area contributed by atoms with Crippen LogP contribution in [-0.4, -0.2) is 32.6 Å². The zero-order valence-corrected chi connectivity index (χ0v) is 17.1. The Bertz CT molecular complexity index is 840. The van der Waals surface area contributed by atoms with Gasteiger partial charge in [-0.2, -0.15) is 0 Å². The molecule has 0 spiro atoms. The Kier molecular flexibility index (Phi) is 5.85. The van der Waals surface area contributed by atoms with Crippen molar-refractivity contribution in [2.45, 2.75) is 33.1 Å². The Labute approximate surface area is 164 Å². The molecule has 0 saturated carbocycles. The Morgan fingerprint density at radius 3 is 2.59 bits per heavy atom. The second-order valence-corrected chi connectivity index (χ2v) is 8.28. The van der Waals surface area contributed by atoms with Crippen molar-refractivity contribution < 1.29 is 14.3 Å². The van der Waals surface area contributed by atoms with Gasteiger partial charge in [0.15, 0.2) is 0 Å². The van der Waals surface area contributed by atoms with E-state index >= 15 is 0 Å². The second kappa shape index (κ2) is 8.13. The number of hydrogen-bond acceptors (Lipinski definition) is 5. The molecule has 5 nitrogen and oxygen atoms in total. The van der Waals surface area contributed by atoms with E-state index in [0.29, 0.717) is 28.7 Å². The van der Waals surface area contributed by atoms with Crippen molar-refractivity contribution in [1.29, 1.82) is 0 Å². The summed E-state index contributed by atoms with van der Waals surface area (Å²) in [5.41, 5.74) is 3.19. The quantitative estimate of drug-likeness (QED) is 0.776. The van der Waals surface area contributed by atoms with E-state index in [9.17, 15) is 9.59 Å². The molecule has 1 amide bonds. The minimum atomic E-state index is -0.345. The highest BCUT2D eigenvalue weighted by atomic mass is 32.1. The van der Waals surface area contributed by atoms with Gasteiger partial charge in [-0.05, 0) is 61.9 Å². The summed E-state index contributed by atoms with van der Waals surface area (Å²) in [6.07, 6.45) is 2.85. The average molecular weight is 387 g/mol. The van der Waals surface area contributed by atoms with E-state index in [-0.39, 0.29) is 11.9 Å². The standard InChI is InChI=1S/C21H26N2O3S/c1-5-26-21(25)18-16-11-6-13(2)12-17(16)27-20(18)22-19(24)14-7-9-15(10-8-14)23(3)4/h7-10,13H,5-6,11-12H2,1-4H3,(H,22,24). The van der Waals surface area contributed by atoms with Crippen molar-refractivity contribution in [3.05, 3.63) is 45.8 Å². The van der Waals surface area contributed by atoms with Crippen molar-refractivity contribution in [3.63, 3.8) is 0 Å². The summed E-state index contributed by atoms with van der Waals surface area (Å²) in [5.74, 6) is 0.0358. The lowest BCUT2D eigenvalue weighted by Gasteiger charge is -2.18. The molecule has 0 saturated heterocycles. The van der Waals surface area contributed by atoms with E-state index in [1.807, 2.05) is 31.1 Å². The maximum atomic E-state index is 12.7. The van der Waals surface area contributed by atoms with Crippen molar-refractivity contribution >= 4 is 33.9 Å². The van der Waals surface area contributed by atoms with Crippen molar-refractivity contribution in [1.82, 2.24) is 0 Å². The number of ether oxygens (including phenoxy) is 1. The SMILES string of the molecule is CCOC(=O)c1c(NC(=O)c2ccc(N(C)C)cc2)sc2c1CCC(C)C2. The van der Waals surface area contributed by atoms with E-state index in [2.05, 4.69) is 12.2 Å². The minimum absolute atomic E-state index is 0.211. The van der Waals surface area contributed by atoms with Gasteiger partial charge in [0.05, 0.1) is 12.2 Å². The average Bonchev–Trinajstić information content (AvgIpc) is 2.98. The lowest BCUT2D eigenvalue weighted by molar-refractivity contribution is 0.0526. The van der Waals surface area contributed by atoms with Crippen LogP contribution >= 0.6 is 11.3 Å². The van der Waals surface area contributed by atoms with Crippen LogP contribution in [0.25, 0.3) is 0 Å². The zero-order valence-electron chi connectivity index (χ0n) is 16.3. The highest BCUT2D eigenvalue weighted by Crippen LogP contribution is 2.40. The summed E-state index contributed by atoms with van der Waals surface area (Å²) < 4.78 is 5.26. The van der Waals surface area contributed by atoms with E-state index in [1.165, 1.54) is 16.2 Å². The smallest absolute Gasteiger partial charge is 0.341 e. The van der Waals surface area contributed by atoms with Crippen LogP contribution in [0.1, 0.15) is 51.4 Å².